The van der Waals surface area contributed by atoms with Gasteiger partial charge < -0.3 is 4.98 Å². The molecule has 0 fully saturated rings. The van der Waals surface area contributed by atoms with Crippen LogP contribution in [0.3, 0.4) is 0 Å². The number of hydrogen-bond donors (Lipinski definition) is 1. The van der Waals surface area contributed by atoms with Crippen molar-refractivity contribution in [1.29, 1.82) is 0 Å². The van der Waals surface area contributed by atoms with Gasteiger partial charge in [-0.1, -0.05) is 23.7 Å². The topological polar surface area (TPSA) is 58.6 Å². The highest BCUT2D eigenvalue weighted by atomic mass is 35.5. The van der Waals surface area contributed by atoms with Gasteiger partial charge in [0.1, 0.15) is 15.4 Å². The highest BCUT2D eigenvalue weighted by Gasteiger charge is 2.23. The summed E-state index contributed by atoms with van der Waals surface area (Å²) >= 11 is 7.55. The number of H-pyrrole nitrogens is 1. The van der Waals surface area contributed by atoms with Crippen LogP contribution in [-0.2, 0) is 12.8 Å². The minimum atomic E-state index is -0.0875. The molecule has 1 aromatic carbocycles. The van der Waals surface area contributed by atoms with Crippen LogP contribution in [0.1, 0.15) is 29.9 Å². The Bertz CT molecular complexity index is 1220. The Labute approximate surface area is 158 Å². The number of aromatic amines is 1. The Morgan fingerprint density at radius 1 is 1.12 bits per heavy atom. The molecule has 0 aliphatic heterocycles. The summed E-state index contributed by atoms with van der Waals surface area (Å²) in [5.74, 6) is 0.627. The highest BCUT2D eigenvalue weighted by molar-refractivity contribution is 7.25. The molecule has 4 aromatic rings. The van der Waals surface area contributed by atoms with E-state index in [2.05, 4.69) is 22.1 Å². The minimum Gasteiger partial charge on any atom is -0.310 e. The molecule has 0 atom stereocenters. The lowest BCUT2D eigenvalue weighted by Crippen LogP contribution is -2.08. The van der Waals surface area contributed by atoms with E-state index >= 15 is 0 Å². The third-order valence-electron chi connectivity index (χ3n) is 5.00. The van der Waals surface area contributed by atoms with Gasteiger partial charge in [0.25, 0.3) is 5.56 Å². The van der Waals surface area contributed by atoms with E-state index in [1.165, 1.54) is 22.5 Å². The zero-order valence-corrected chi connectivity index (χ0v) is 15.8. The fraction of sp³-hybridized carbons (Fsp3) is 0.250. The quantitative estimate of drug-likeness (QED) is 0.502. The van der Waals surface area contributed by atoms with Crippen LogP contribution in [0, 0.1) is 6.92 Å². The first kappa shape index (κ1) is 16.0. The number of benzene rings is 1. The molecule has 1 aliphatic rings. The number of hydrogen-bond acceptors (Lipinski definition) is 4. The van der Waals surface area contributed by atoms with Crippen LogP contribution in [-0.4, -0.2) is 15.0 Å². The zero-order valence-electron chi connectivity index (χ0n) is 14.2. The van der Waals surface area contributed by atoms with Gasteiger partial charge in [0.05, 0.1) is 5.52 Å². The maximum Gasteiger partial charge on any atom is 0.268 e. The number of aromatic nitrogens is 3. The number of aryl methyl sites for hydroxylation is 2. The van der Waals surface area contributed by atoms with Gasteiger partial charge in [-0.2, -0.15) is 0 Å². The summed E-state index contributed by atoms with van der Waals surface area (Å²) in [4.78, 5) is 25.8. The van der Waals surface area contributed by atoms with Crippen LogP contribution >= 0.6 is 22.9 Å². The Balaban J connectivity index is 1.99. The van der Waals surface area contributed by atoms with E-state index in [0.29, 0.717) is 15.5 Å². The molecular formula is C20H16ClN3OS. The van der Waals surface area contributed by atoms with Gasteiger partial charge in [-0.15, -0.1) is 11.3 Å². The molecule has 0 spiro atoms. The normalized spacial score (nSPS) is 14.1. The lowest BCUT2D eigenvalue weighted by molar-refractivity contribution is 0.673. The maximum absolute atomic E-state index is 12.5. The van der Waals surface area contributed by atoms with E-state index in [4.69, 9.17) is 16.6 Å². The molecule has 4 nitrogen and oxygen atoms in total. The van der Waals surface area contributed by atoms with E-state index < -0.39 is 0 Å². The molecule has 3 aromatic heterocycles. The van der Waals surface area contributed by atoms with Crippen LogP contribution in [0.5, 0.6) is 0 Å². The molecule has 6 heteroatoms. The first-order valence-corrected chi connectivity index (χ1v) is 9.92. The fourth-order valence-corrected chi connectivity index (χ4v) is 5.05. The monoisotopic (exact) mass is 381 g/mol. The van der Waals surface area contributed by atoms with E-state index in [-0.39, 0.29) is 5.56 Å². The Morgan fingerprint density at radius 2 is 1.88 bits per heavy atom. The third kappa shape index (κ3) is 2.38. The summed E-state index contributed by atoms with van der Waals surface area (Å²) in [6, 6.07) is 7.93. The Kier molecular flexibility index (Phi) is 3.62. The van der Waals surface area contributed by atoms with E-state index in [0.717, 1.165) is 52.7 Å². The van der Waals surface area contributed by atoms with Crippen molar-refractivity contribution >= 4 is 43.4 Å². The van der Waals surface area contributed by atoms with Gasteiger partial charge in [-0.25, -0.2) is 9.97 Å². The summed E-state index contributed by atoms with van der Waals surface area (Å²) in [5, 5.41) is 1.72. The molecule has 1 aliphatic carbocycles. The Hall–Kier alpha value is -2.24. The SMILES string of the molecule is Cc1nc2c(sc3nc4c(c(-c5ccc(Cl)cc5)c32)CCCC4)c(=O)[nH]1. The standard InChI is InChI=1S/C20H16ClN3OS/c1-10-22-17-16-15(11-6-8-12(21)9-7-11)13-4-2-3-5-14(13)24-20(16)26-18(17)19(25)23-10/h6-9H,2-5H2,1H3,(H,22,23,25). The van der Waals surface area contributed by atoms with Crippen molar-refractivity contribution in [3.8, 4) is 11.1 Å². The van der Waals surface area contributed by atoms with Gasteiger partial charge >= 0.3 is 0 Å². The molecule has 0 radical (unpaired) electrons. The molecule has 0 bridgehead atoms. The van der Waals surface area contributed by atoms with Crippen molar-refractivity contribution < 1.29 is 0 Å². The average Bonchev–Trinajstić information content (AvgIpc) is 2.99. The molecule has 0 unspecified atom stereocenters. The van der Waals surface area contributed by atoms with Crippen molar-refractivity contribution in [2.75, 3.05) is 0 Å². The smallest absolute Gasteiger partial charge is 0.268 e. The lowest BCUT2D eigenvalue weighted by Gasteiger charge is -2.20. The summed E-state index contributed by atoms with van der Waals surface area (Å²) < 4.78 is 0.649. The number of nitrogens with one attached hydrogen (secondary N) is 1. The van der Waals surface area contributed by atoms with Gasteiger partial charge in [0.15, 0.2) is 0 Å². The van der Waals surface area contributed by atoms with E-state index in [1.807, 2.05) is 19.1 Å². The predicted molar refractivity (Wildman–Crippen MR) is 107 cm³/mol. The van der Waals surface area contributed by atoms with Crippen LogP contribution < -0.4 is 5.56 Å². The lowest BCUT2D eigenvalue weighted by atomic mass is 9.87. The summed E-state index contributed by atoms with van der Waals surface area (Å²) in [6.07, 6.45) is 4.32. The van der Waals surface area contributed by atoms with Gasteiger partial charge in [0, 0.05) is 16.1 Å². The maximum atomic E-state index is 12.5. The number of fused-ring (bicyclic) bond motifs is 4. The van der Waals surface area contributed by atoms with Crippen molar-refractivity contribution in [2.45, 2.75) is 32.6 Å². The largest absolute Gasteiger partial charge is 0.310 e. The second-order valence-electron chi connectivity index (χ2n) is 6.74. The second kappa shape index (κ2) is 5.89. The molecule has 130 valence electrons. The molecule has 26 heavy (non-hydrogen) atoms. The number of pyridine rings is 1. The highest BCUT2D eigenvalue weighted by Crippen LogP contribution is 2.42. The molecule has 5 rings (SSSR count). The molecule has 0 saturated carbocycles. The number of halogens is 1. The minimum absolute atomic E-state index is 0.0875. The van der Waals surface area contributed by atoms with Gasteiger partial charge in [-0.3, -0.25) is 4.79 Å². The summed E-state index contributed by atoms with van der Waals surface area (Å²) in [6.45, 7) is 1.82. The first-order valence-electron chi connectivity index (χ1n) is 8.72. The first-order chi connectivity index (χ1) is 12.6. The van der Waals surface area contributed by atoms with Crippen LogP contribution in [0.4, 0.5) is 0 Å². The molecular weight excluding hydrogens is 366 g/mol. The zero-order chi connectivity index (χ0) is 17.8. The van der Waals surface area contributed by atoms with Crippen molar-refractivity contribution in [3.05, 3.63) is 56.7 Å². The van der Waals surface area contributed by atoms with E-state index in [9.17, 15) is 4.79 Å². The predicted octanol–water partition coefficient (Wildman–Crippen LogP) is 5.04. The van der Waals surface area contributed by atoms with Crippen LogP contribution in [0.25, 0.3) is 31.6 Å². The van der Waals surface area contributed by atoms with Crippen molar-refractivity contribution in [1.82, 2.24) is 15.0 Å². The Morgan fingerprint density at radius 3 is 2.69 bits per heavy atom. The van der Waals surface area contributed by atoms with Crippen molar-refractivity contribution in [2.24, 2.45) is 0 Å². The second-order valence-corrected chi connectivity index (χ2v) is 8.17. The average molecular weight is 382 g/mol. The van der Waals surface area contributed by atoms with Gasteiger partial charge in [-0.05, 0) is 61.4 Å². The number of rotatable bonds is 1. The number of thiophene rings is 1. The van der Waals surface area contributed by atoms with E-state index in [1.54, 1.807) is 0 Å². The van der Waals surface area contributed by atoms with Crippen molar-refractivity contribution in [3.63, 3.8) is 0 Å². The van der Waals surface area contributed by atoms with Crippen LogP contribution in [0.15, 0.2) is 29.1 Å². The molecule has 3 heterocycles. The molecule has 0 saturated heterocycles. The summed E-state index contributed by atoms with van der Waals surface area (Å²) in [5.41, 5.74) is 5.41. The molecule has 1 N–H and O–H groups in total. The number of nitrogens with zero attached hydrogens (tertiary/aromatic N) is 2. The third-order valence-corrected chi connectivity index (χ3v) is 6.33. The van der Waals surface area contributed by atoms with Gasteiger partial charge in [0.2, 0.25) is 0 Å². The summed E-state index contributed by atoms with van der Waals surface area (Å²) in [7, 11) is 0. The van der Waals surface area contributed by atoms with Crippen LogP contribution in [0.2, 0.25) is 5.02 Å². The molecule has 0 amide bonds. The fourth-order valence-electron chi connectivity index (χ4n) is 3.88.